The Morgan fingerprint density at radius 2 is 1.85 bits per heavy atom. The Hall–Kier alpha value is -2.36. The molecule has 1 aromatic heterocycles. The number of rotatable bonds is 7. The third-order valence-electron chi connectivity index (χ3n) is 7.01. The summed E-state index contributed by atoms with van der Waals surface area (Å²) in [5, 5.41) is 0. The van der Waals surface area contributed by atoms with E-state index in [4.69, 9.17) is 9.47 Å². The van der Waals surface area contributed by atoms with Crippen molar-refractivity contribution in [2.24, 2.45) is 0 Å². The van der Waals surface area contributed by atoms with Gasteiger partial charge in [-0.15, -0.1) is 0 Å². The minimum atomic E-state index is -3.70. The Labute approximate surface area is 202 Å². The highest BCUT2D eigenvalue weighted by Crippen LogP contribution is 2.32. The molecule has 0 bridgehead atoms. The number of ether oxygens (including phenoxy) is 2. The van der Waals surface area contributed by atoms with E-state index in [2.05, 4.69) is 4.57 Å². The van der Waals surface area contributed by atoms with Gasteiger partial charge in [-0.25, -0.2) is 8.42 Å². The van der Waals surface area contributed by atoms with Gasteiger partial charge in [-0.05, 0) is 69.0 Å². The molecule has 4 rings (SSSR count). The molecule has 0 aliphatic carbocycles. The highest BCUT2D eigenvalue weighted by atomic mass is 32.2. The summed E-state index contributed by atoms with van der Waals surface area (Å²) >= 11 is 0. The van der Waals surface area contributed by atoms with Gasteiger partial charge in [0.2, 0.25) is 15.9 Å². The van der Waals surface area contributed by atoms with Gasteiger partial charge in [-0.3, -0.25) is 4.79 Å². The van der Waals surface area contributed by atoms with E-state index < -0.39 is 10.0 Å². The molecule has 2 aliphatic heterocycles. The quantitative estimate of drug-likeness (QED) is 0.596. The molecule has 0 N–H and O–H groups in total. The molecule has 2 aliphatic rings. The number of aromatic nitrogens is 1. The molecule has 0 spiro atoms. The van der Waals surface area contributed by atoms with Crippen molar-refractivity contribution in [3.63, 3.8) is 0 Å². The average molecular weight is 490 g/mol. The second-order valence-electron chi connectivity index (χ2n) is 9.26. The second kappa shape index (κ2) is 10.1. The summed E-state index contributed by atoms with van der Waals surface area (Å²) in [5.74, 6) is 0.581. The molecule has 8 nitrogen and oxygen atoms in total. The highest BCUT2D eigenvalue weighted by molar-refractivity contribution is 7.89. The summed E-state index contributed by atoms with van der Waals surface area (Å²) in [5.41, 5.74) is 2.46. The fraction of sp³-hybridized carbons (Fsp3) is 0.560. The maximum Gasteiger partial charge on any atom is 0.249 e. The average Bonchev–Trinajstić information content (AvgIpc) is 3.28. The van der Waals surface area contributed by atoms with Crippen LogP contribution in [0.2, 0.25) is 0 Å². The molecular formula is C25H35N3O5S. The largest absolute Gasteiger partial charge is 0.497 e. The van der Waals surface area contributed by atoms with Crippen molar-refractivity contribution in [3.8, 4) is 5.75 Å². The predicted molar refractivity (Wildman–Crippen MR) is 129 cm³/mol. The van der Waals surface area contributed by atoms with E-state index in [9.17, 15) is 13.2 Å². The smallest absolute Gasteiger partial charge is 0.249 e. The van der Waals surface area contributed by atoms with E-state index in [-0.39, 0.29) is 31.2 Å². The molecule has 9 heteroatoms. The molecule has 1 amide bonds. The van der Waals surface area contributed by atoms with Crippen LogP contribution in [-0.2, 0) is 26.1 Å². The lowest BCUT2D eigenvalue weighted by atomic mass is 10.1. The van der Waals surface area contributed by atoms with Crippen molar-refractivity contribution in [2.75, 3.05) is 33.4 Å². The van der Waals surface area contributed by atoms with Crippen molar-refractivity contribution >= 4 is 15.9 Å². The van der Waals surface area contributed by atoms with Gasteiger partial charge in [-0.1, -0.05) is 6.42 Å². The van der Waals surface area contributed by atoms with Crippen LogP contribution in [0.15, 0.2) is 35.4 Å². The van der Waals surface area contributed by atoms with Crippen molar-refractivity contribution < 1.29 is 22.7 Å². The number of sulfonamides is 1. The SMILES string of the molecule is COc1cc(C)c(S(=O)(=O)N2CCCCC2COCC(=O)N2CCn3cccc3C2C)c(C)c1. The summed E-state index contributed by atoms with van der Waals surface area (Å²) < 4.78 is 42.2. The number of amides is 1. The van der Waals surface area contributed by atoms with Crippen LogP contribution in [0.25, 0.3) is 0 Å². The maximum absolute atomic E-state index is 13.7. The zero-order chi connectivity index (χ0) is 24.5. The molecule has 0 saturated carbocycles. The van der Waals surface area contributed by atoms with E-state index in [0.29, 0.717) is 34.9 Å². The van der Waals surface area contributed by atoms with E-state index in [1.54, 1.807) is 37.4 Å². The van der Waals surface area contributed by atoms with Gasteiger partial charge in [0.1, 0.15) is 12.4 Å². The molecule has 34 heavy (non-hydrogen) atoms. The molecule has 0 radical (unpaired) electrons. The highest BCUT2D eigenvalue weighted by Gasteiger charge is 2.36. The van der Waals surface area contributed by atoms with Crippen LogP contribution >= 0.6 is 0 Å². The minimum Gasteiger partial charge on any atom is -0.497 e. The number of hydrogen-bond acceptors (Lipinski definition) is 5. The number of nitrogens with zero attached hydrogens (tertiary/aromatic N) is 3. The molecule has 1 aromatic carbocycles. The van der Waals surface area contributed by atoms with Gasteiger partial charge in [-0.2, -0.15) is 4.31 Å². The standard InChI is InChI=1S/C25H35N3O5S/c1-18-14-22(32-4)15-19(2)25(18)34(30,31)28-11-6-5-8-21(28)16-33-17-24(29)27-13-12-26-10-7-9-23(26)20(27)3/h7,9-10,14-15,20-21H,5-6,8,11-13,16-17H2,1-4H3. The molecular weight excluding hydrogens is 454 g/mol. The lowest BCUT2D eigenvalue weighted by Gasteiger charge is -2.36. The van der Waals surface area contributed by atoms with Gasteiger partial charge in [0.05, 0.1) is 24.7 Å². The Balaban J connectivity index is 1.43. The van der Waals surface area contributed by atoms with Gasteiger partial charge in [0.15, 0.2) is 0 Å². The first-order valence-electron chi connectivity index (χ1n) is 11.9. The van der Waals surface area contributed by atoms with Crippen LogP contribution in [0.5, 0.6) is 5.75 Å². The van der Waals surface area contributed by atoms with E-state index in [0.717, 1.165) is 31.5 Å². The van der Waals surface area contributed by atoms with Crippen LogP contribution in [-0.4, -0.2) is 67.6 Å². The molecule has 1 saturated heterocycles. The zero-order valence-electron chi connectivity index (χ0n) is 20.5. The van der Waals surface area contributed by atoms with Crippen molar-refractivity contribution in [1.82, 2.24) is 13.8 Å². The molecule has 186 valence electrons. The summed E-state index contributed by atoms with van der Waals surface area (Å²) in [6.07, 6.45) is 4.51. The first-order valence-corrected chi connectivity index (χ1v) is 13.4. The number of methoxy groups -OCH3 is 1. The normalized spacial score (nSPS) is 21.4. The number of fused-ring (bicyclic) bond motifs is 1. The van der Waals surface area contributed by atoms with Crippen LogP contribution in [0.4, 0.5) is 0 Å². The number of hydrogen-bond donors (Lipinski definition) is 0. The van der Waals surface area contributed by atoms with Crippen molar-refractivity contribution in [2.45, 2.75) is 63.6 Å². The first-order chi connectivity index (χ1) is 16.2. The van der Waals surface area contributed by atoms with E-state index >= 15 is 0 Å². The van der Waals surface area contributed by atoms with Crippen molar-refractivity contribution in [3.05, 3.63) is 47.3 Å². The molecule has 2 atom stereocenters. The summed E-state index contributed by atoms with van der Waals surface area (Å²) in [6, 6.07) is 7.25. The summed E-state index contributed by atoms with van der Waals surface area (Å²) in [7, 11) is -2.13. The fourth-order valence-corrected chi connectivity index (χ4v) is 7.39. The van der Waals surface area contributed by atoms with Gasteiger partial charge in [0, 0.05) is 37.6 Å². The minimum absolute atomic E-state index is 0.00701. The summed E-state index contributed by atoms with van der Waals surface area (Å²) in [4.78, 5) is 15.1. The Morgan fingerprint density at radius 3 is 2.56 bits per heavy atom. The number of carbonyl (C=O) groups is 1. The van der Waals surface area contributed by atoms with Crippen LogP contribution in [0.1, 0.15) is 49.0 Å². The lowest BCUT2D eigenvalue weighted by Crippen LogP contribution is -2.47. The maximum atomic E-state index is 13.7. The van der Waals surface area contributed by atoms with Gasteiger partial charge < -0.3 is 18.9 Å². The van der Waals surface area contributed by atoms with E-state index in [1.807, 2.05) is 30.2 Å². The van der Waals surface area contributed by atoms with Gasteiger partial charge in [0.25, 0.3) is 0 Å². The fourth-order valence-electron chi connectivity index (χ4n) is 5.29. The Bertz CT molecular complexity index is 1120. The first kappa shape index (κ1) is 24.8. The second-order valence-corrected chi connectivity index (χ2v) is 11.1. The van der Waals surface area contributed by atoms with Crippen LogP contribution in [0, 0.1) is 13.8 Å². The Morgan fingerprint density at radius 1 is 1.12 bits per heavy atom. The predicted octanol–water partition coefficient (Wildman–Crippen LogP) is 3.28. The molecule has 3 heterocycles. The zero-order valence-corrected chi connectivity index (χ0v) is 21.3. The lowest BCUT2D eigenvalue weighted by molar-refractivity contribution is -0.140. The topological polar surface area (TPSA) is 81.1 Å². The number of piperidine rings is 1. The molecule has 2 unspecified atom stereocenters. The number of aryl methyl sites for hydroxylation is 2. The summed E-state index contributed by atoms with van der Waals surface area (Å²) in [6.45, 7) is 7.65. The van der Waals surface area contributed by atoms with Gasteiger partial charge >= 0.3 is 0 Å². The monoisotopic (exact) mass is 489 g/mol. The number of carbonyl (C=O) groups excluding carboxylic acids is 1. The van der Waals surface area contributed by atoms with Crippen LogP contribution in [0.3, 0.4) is 0 Å². The third-order valence-corrected chi connectivity index (χ3v) is 9.27. The van der Waals surface area contributed by atoms with Crippen molar-refractivity contribution in [1.29, 1.82) is 0 Å². The third kappa shape index (κ3) is 4.74. The molecule has 1 fully saturated rings. The molecule has 2 aromatic rings. The Kier molecular flexibility index (Phi) is 7.35. The van der Waals surface area contributed by atoms with Crippen LogP contribution < -0.4 is 4.74 Å². The van der Waals surface area contributed by atoms with E-state index in [1.165, 1.54) is 0 Å². The number of benzene rings is 1.